The van der Waals surface area contributed by atoms with Gasteiger partial charge < -0.3 is 10.1 Å². The van der Waals surface area contributed by atoms with Crippen LogP contribution in [0.5, 0.6) is 5.75 Å². The maximum absolute atomic E-state index is 6.01. The molecule has 0 bridgehead atoms. The number of benzene rings is 1. The molecule has 0 atom stereocenters. The lowest BCUT2D eigenvalue weighted by atomic mass is 10.2. The minimum absolute atomic E-state index is 0.386. The number of rotatable bonds is 6. The van der Waals surface area contributed by atoms with E-state index in [2.05, 4.69) is 22.3 Å². The van der Waals surface area contributed by atoms with E-state index in [0.29, 0.717) is 11.6 Å². The van der Waals surface area contributed by atoms with Crippen LogP contribution in [-0.2, 0) is 20.2 Å². The molecule has 0 aliphatic rings. The zero-order chi connectivity index (χ0) is 13.7. The van der Waals surface area contributed by atoms with E-state index < -0.39 is 0 Å². The van der Waals surface area contributed by atoms with Crippen LogP contribution in [0.3, 0.4) is 0 Å². The van der Waals surface area contributed by atoms with E-state index in [9.17, 15) is 0 Å². The molecule has 0 amide bonds. The lowest BCUT2D eigenvalue weighted by Gasteiger charge is -2.12. The van der Waals surface area contributed by atoms with Crippen LogP contribution in [0.25, 0.3) is 0 Å². The molecule has 2 aromatic rings. The van der Waals surface area contributed by atoms with Crippen LogP contribution >= 0.6 is 11.6 Å². The van der Waals surface area contributed by atoms with Crippen molar-refractivity contribution in [2.24, 2.45) is 7.05 Å². The summed E-state index contributed by atoms with van der Waals surface area (Å²) in [5.41, 5.74) is 1.04. The molecule has 0 radical (unpaired) electrons. The number of nitrogens with zero attached hydrogens (tertiary/aromatic N) is 3. The summed E-state index contributed by atoms with van der Waals surface area (Å²) in [5.74, 6) is 1.60. The minimum atomic E-state index is 0.386. The summed E-state index contributed by atoms with van der Waals surface area (Å²) in [6, 6.07) is 5.62. The highest BCUT2D eigenvalue weighted by atomic mass is 35.5. The van der Waals surface area contributed by atoms with Gasteiger partial charge in [0.15, 0.2) is 5.82 Å². The van der Waals surface area contributed by atoms with Crippen LogP contribution in [0.15, 0.2) is 24.5 Å². The van der Waals surface area contributed by atoms with Gasteiger partial charge in [-0.1, -0.05) is 18.5 Å². The van der Waals surface area contributed by atoms with Crippen molar-refractivity contribution in [3.63, 3.8) is 0 Å². The van der Waals surface area contributed by atoms with Crippen molar-refractivity contribution in [1.82, 2.24) is 20.1 Å². The molecule has 1 heterocycles. The fourth-order valence-electron chi connectivity index (χ4n) is 1.68. The largest absolute Gasteiger partial charge is 0.485 e. The number of hydrogen-bond donors (Lipinski definition) is 1. The fourth-order valence-corrected chi connectivity index (χ4v) is 1.87. The van der Waals surface area contributed by atoms with Gasteiger partial charge in [0.25, 0.3) is 0 Å². The third kappa shape index (κ3) is 3.68. The molecule has 0 aliphatic heterocycles. The molecule has 0 aliphatic carbocycles. The Hall–Kier alpha value is -1.59. The minimum Gasteiger partial charge on any atom is -0.485 e. The maximum atomic E-state index is 6.01. The molecule has 1 aromatic carbocycles. The van der Waals surface area contributed by atoms with E-state index in [1.165, 1.54) is 6.33 Å². The second-order valence-electron chi connectivity index (χ2n) is 4.12. The molecule has 5 nitrogen and oxygen atoms in total. The molecule has 0 fully saturated rings. The summed E-state index contributed by atoms with van der Waals surface area (Å²) < 4.78 is 7.49. The van der Waals surface area contributed by atoms with E-state index in [4.69, 9.17) is 16.3 Å². The zero-order valence-electron chi connectivity index (χ0n) is 11.1. The van der Waals surface area contributed by atoms with Crippen LogP contribution in [-0.4, -0.2) is 21.3 Å². The van der Waals surface area contributed by atoms with Gasteiger partial charge in [0.05, 0.1) is 0 Å². The number of aromatic nitrogens is 3. The Balaban J connectivity index is 2.08. The van der Waals surface area contributed by atoms with Gasteiger partial charge in [0.1, 0.15) is 18.7 Å². The Kier molecular flexibility index (Phi) is 4.76. The molecule has 0 saturated carbocycles. The third-order valence-electron chi connectivity index (χ3n) is 2.75. The van der Waals surface area contributed by atoms with Gasteiger partial charge in [0, 0.05) is 24.2 Å². The van der Waals surface area contributed by atoms with Crippen LogP contribution in [0.4, 0.5) is 0 Å². The highest BCUT2D eigenvalue weighted by Gasteiger charge is 2.07. The topological polar surface area (TPSA) is 52.0 Å². The van der Waals surface area contributed by atoms with E-state index in [1.807, 2.05) is 25.2 Å². The summed E-state index contributed by atoms with van der Waals surface area (Å²) >= 11 is 6.01. The van der Waals surface area contributed by atoms with Crippen molar-refractivity contribution in [1.29, 1.82) is 0 Å². The van der Waals surface area contributed by atoms with Crippen molar-refractivity contribution in [2.45, 2.75) is 20.1 Å². The molecular weight excluding hydrogens is 264 g/mol. The second-order valence-corrected chi connectivity index (χ2v) is 4.56. The lowest BCUT2D eigenvalue weighted by Crippen LogP contribution is -2.13. The Morgan fingerprint density at radius 2 is 2.26 bits per heavy atom. The van der Waals surface area contributed by atoms with Crippen LogP contribution in [0.1, 0.15) is 18.3 Å². The summed E-state index contributed by atoms with van der Waals surface area (Å²) in [4.78, 5) is 4.13. The molecule has 0 unspecified atom stereocenters. The number of nitrogens with one attached hydrogen (secondary N) is 1. The average Bonchev–Trinajstić information content (AvgIpc) is 2.81. The standard InChI is InChI=1S/C13H17ClN4O/c1-3-15-7-10-6-11(14)4-5-12(10)19-8-13-16-9-17-18(13)2/h4-6,9,15H,3,7-8H2,1-2H3. The van der Waals surface area contributed by atoms with Crippen LogP contribution < -0.4 is 10.1 Å². The first-order valence-electron chi connectivity index (χ1n) is 6.15. The fraction of sp³-hybridized carbons (Fsp3) is 0.385. The van der Waals surface area contributed by atoms with Gasteiger partial charge in [-0.15, -0.1) is 0 Å². The van der Waals surface area contributed by atoms with E-state index in [1.54, 1.807) is 4.68 Å². The number of aryl methyl sites for hydroxylation is 1. The Morgan fingerprint density at radius 1 is 1.42 bits per heavy atom. The summed E-state index contributed by atoms with van der Waals surface area (Å²) in [6.07, 6.45) is 1.51. The van der Waals surface area contributed by atoms with Crippen molar-refractivity contribution in [3.05, 3.63) is 40.9 Å². The third-order valence-corrected chi connectivity index (χ3v) is 2.99. The number of halogens is 1. The van der Waals surface area contributed by atoms with Crippen molar-refractivity contribution >= 4 is 11.6 Å². The predicted octanol–water partition coefficient (Wildman–Crippen LogP) is 2.16. The molecule has 0 spiro atoms. The number of ether oxygens (including phenoxy) is 1. The molecule has 19 heavy (non-hydrogen) atoms. The normalized spacial score (nSPS) is 10.7. The Labute approximate surface area is 117 Å². The van der Waals surface area contributed by atoms with Gasteiger partial charge in [0.2, 0.25) is 0 Å². The predicted molar refractivity (Wildman–Crippen MR) is 74.2 cm³/mol. The molecule has 1 N–H and O–H groups in total. The molecule has 1 aromatic heterocycles. The molecule has 6 heteroatoms. The second kappa shape index (κ2) is 6.54. The van der Waals surface area contributed by atoms with Gasteiger partial charge in [-0.05, 0) is 24.7 Å². The average molecular weight is 281 g/mol. The highest BCUT2D eigenvalue weighted by molar-refractivity contribution is 6.30. The van der Waals surface area contributed by atoms with Gasteiger partial charge in [-0.25, -0.2) is 4.98 Å². The first kappa shape index (κ1) is 13.8. The van der Waals surface area contributed by atoms with Crippen LogP contribution in [0.2, 0.25) is 5.02 Å². The van der Waals surface area contributed by atoms with Crippen molar-refractivity contribution < 1.29 is 4.74 Å². The first-order valence-corrected chi connectivity index (χ1v) is 6.53. The molecule has 0 saturated heterocycles. The number of hydrogen-bond acceptors (Lipinski definition) is 4. The first-order chi connectivity index (χ1) is 9.20. The lowest BCUT2D eigenvalue weighted by molar-refractivity contribution is 0.286. The van der Waals surface area contributed by atoms with Gasteiger partial charge in [-0.2, -0.15) is 5.10 Å². The monoisotopic (exact) mass is 280 g/mol. The summed E-state index contributed by atoms with van der Waals surface area (Å²) in [7, 11) is 1.84. The molecule has 102 valence electrons. The SMILES string of the molecule is CCNCc1cc(Cl)ccc1OCc1ncnn1C. The van der Waals surface area contributed by atoms with Crippen molar-refractivity contribution in [2.75, 3.05) is 6.54 Å². The molecular formula is C13H17ClN4O. The van der Waals surface area contributed by atoms with Crippen molar-refractivity contribution in [3.8, 4) is 5.75 Å². The quantitative estimate of drug-likeness (QED) is 0.881. The summed E-state index contributed by atoms with van der Waals surface area (Å²) in [5, 5.41) is 7.98. The van der Waals surface area contributed by atoms with E-state index >= 15 is 0 Å². The highest BCUT2D eigenvalue weighted by Crippen LogP contribution is 2.23. The summed E-state index contributed by atoms with van der Waals surface area (Å²) in [6.45, 7) is 4.07. The van der Waals surface area contributed by atoms with E-state index in [-0.39, 0.29) is 0 Å². The van der Waals surface area contributed by atoms with Gasteiger partial charge in [-0.3, -0.25) is 4.68 Å². The smallest absolute Gasteiger partial charge is 0.164 e. The van der Waals surface area contributed by atoms with Gasteiger partial charge >= 0.3 is 0 Å². The Bertz CT molecular complexity index is 541. The van der Waals surface area contributed by atoms with Crippen LogP contribution in [0, 0.1) is 0 Å². The maximum Gasteiger partial charge on any atom is 0.164 e. The zero-order valence-corrected chi connectivity index (χ0v) is 11.8. The Morgan fingerprint density at radius 3 is 2.95 bits per heavy atom. The molecule has 2 rings (SSSR count). The van der Waals surface area contributed by atoms with E-state index in [0.717, 1.165) is 30.2 Å².